The molecule has 26 heavy (non-hydrogen) atoms. The molecule has 0 aliphatic heterocycles. The van der Waals surface area contributed by atoms with Gasteiger partial charge in [-0.1, -0.05) is 41.9 Å². The van der Waals surface area contributed by atoms with Crippen LogP contribution in [0.25, 0.3) is 5.69 Å². The number of aromatic nitrogens is 2. The van der Waals surface area contributed by atoms with Gasteiger partial charge in [0.1, 0.15) is 5.75 Å². The SMILES string of the molecule is CC(Oc1ccccc1Cl)C(=O)NCCc1cnn(-c2ccccc2)c1. The molecule has 0 fully saturated rings. The molecular weight excluding hydrogens is 350 g/mol. The van der Waals surface area contributed by atoms with Gasteiger partial charge in [0.25, 0.3) is 5.91 Å². The largest absolute Gasteiger partial charge is 0.479 e. The van der Waals surface area contributed by atoms with E-state index in [2.05, 4.69) is 10.4 Å². The lowest BCUT2D eigenvalue weighted by molar-refractivity contribution is -0.127. The summed E-state index contributed by atoms with van der Waals surface area (Å²) >= 11 is 6.04. The molecule has 1 aromatic heterocycles. The second-order valence-corrected chi connectivity index (χ2v) is 6.27. The minimum Gasteiger partial charge on any atom is -0.479 e. The minimum atomic E-state index is -0.623. The van der Waals surface area contributed by atoms with E-state index in [0.717, 1.165) is 11.3 Å². The third kappa shape index (κ3) is 4.64. The Morgan fingerprint density at radius 3 is 2.69 bits per heavy atom. The zero-order chi connectivity index (χ0) is 18.4. The van der Waals surface area contributed by atoms with E-state index in [1.165, 1.54) is 0 Å². The highest BCUT2D eigenvalue weighted by Crippen LogP contribution is 2.24. The molecule has 1 amide bonds. The first-order valence-corrected chi connectivity index (χ1v) is 8.79. The van der Waals surface area contributed by atoms with Crippen molar-refractivity contribution in [2.45, 2.75) is 19.4 Å². The lowest BCUT2D eigenvalue weighted by atomic mass is 10.2. The van der Waals surface area contributed by atoms with E-state index in [0.29, 0.717) is 23.7 Å². The third-order valence-corrected chi connectivity index (χ3v) is 4.19. The van der Waals surface area contributed by atoms with Gasteiger partial charge in [-0.3, -0.25) is 4.79 Å². The van der Waals surface area contributed by atoms with Gasteiger partial charge in [-0.25, -0.2) is 4.68 Å². The van der Waals surface area contributed by atoms with Gasteiger partial charge in [0, 0.05) is 12.7 Å². The van der Waals surface area contributed by atoms with Gasteiger partial charge in [0.05, 0.1) is 16.9 Å². The number of ether oxygens (including phenoxy) is 1. The van der Waals surface area contributed by atoms with Gasteiger partial charge < -0.3 is 10.1 Å². The fraction of sp³-hybridized carbons (Fsp3) is 0.200. The van der Waals surface area contributed by atoms with Crippen molar-refractivity contribution in [3.8, 4) is 11.4 Å². The van der Waals surface area contributed by atoms with Crippen molar-refractivity contribution in [2.24, 2.45) is 0 Å². The average Bonchev–Trinajstić information content (AvgIpc) is 3.13. The number of hydrogen-bond donors (Lipinski definition) is 1. The van der Waals surface area contributed by atoms with Crippen LogP contribution in [0.15, 0.2) is 67.0 Å². The summed E-state index contributed by atoms with van der Waals surface area (Å²) in [6.07, 6.45) is 3.84. The first kappa shape index (κ1) is 18.0. The number of hydrogen-bond acceptors (Lipinski definition) is 3. The summed E-state index contributed by atoms with van der Waals surface area (Å²) in [6, 6.07) is 17.0. The molecule has 0 spiro atoms. The van der Waals surface area contributed by atoms with Crippen LogP contribution in [-0.2, 0) is 11.2 Å². The molecule has 5 nitrogen and oxygen atoms in total. The number of para-hydroxylation sites is 2. The predicted octanol–water partition coefficient (Wildman–Crippen LogP) is 3.65. The number of benzene rings is 2. The zero-order valence-corrected chi connectivity index (χ0v) is 15.2. The van der Waals surface area contributed by atoms with Crippen molar-refractivity contribution >= 4 is 17.5 Å². The maximum Gasteiger partial charge on any atom is 0.260 e. The Balaban J connectivity index is 1.48. The summed E-state index contributed by atoms with van der Waals surface area (Å²) in [7, 11) is 0. The molecule has 1 atom stereocenters. The normalized spacial score (nSPS) is 11.8. The standard InChI is InChI=1S/C20H20ClN3O2/c1-15(26-19-10-6-5-9-18(19)21)20(25)22-12-11-16-13-23-24(14-16)17-7-3-2-4-8-17/h2-10,13-15H,11-12H2,1H3,(H,22,25). The Kier molecular flexibility index (Phi) is 5.92. The first-order valence-electron chi connectivity index (χ1n) is 8.41. The van der Waals surface area contributed by atoms with Crippen molar-refractivity contribution in [3.63, 3.8) is 0 Å². The van der Waals surface area contributed by atoms with Crippen LogP contribution in [0.2, 0.25) is 5.02 Å². The summed E-state index contributed by atoms with van der Waals surface area (Å²) in [6.45, 7) is 2.21. The average molecular weight is 370 g/mol. The zero-order valence-electron chi connectivity index (χ0n) is 14.4. The summed E-state index contributed by atoms with van der Waals surface area (Å²) in [5.74, 6) is 0.321. The van der Waals surface area contributed by atoms with E-state index in [4.69, 9.17) is 16.3 Å². The van der Waals surface area contributed by atoms with Gasteiger partial charge in [-0.2, -0.15) is 5.10 Å². The summed E-state index contributed by atoms with van der Waals surface area (Å²) in [4.78, 5) is 12.2. The number of nitrogens with one attached hydrogen (secondary N) is 1. The van der Waals surface area contributed by atoms with Gasteiger partial charge in [0.2, 0.25) is 0 Å². The molecule has 0 saturated carbocycles. The quantitative estimate of drug-likeness (QED) is 0.691. The summed E-state index contributed by atoms with van der Waals surface area (Å²) < 4.78 is 7.43. The summed E-state index contributed by atoms with van der Waals surface area (Å²) in [5.41, 5.74) is 2.05. The molecule has 0 radical (unpaired) electrons. The lowest BCUT2D eigenvalue weighted by Crippen LogP contribution is -2.37. The molecule has 3 rings (SSSR count). The number of rotatable bonds is 7. The molecule has 1 unspecified atom stereocenters. The first-order chi connectivity index (χ1) is 12.6. The van der Waals surface area contributed by atoms with Crippen LogP contribution < -0.4 is 10.1 Å². The topological polar surface area (TPSA) is 56.1 Å². The molecule has 0 bridgehead atoms. The van der Waals surface area contributed by atoms with Gasteiger partial charge >= 0.3 is 0 Å². The van der Waals surface area contributed by atoms with E-state index in [1.54, 1.807) is 19.1 Å². The molecular formula is C20H20ClN3O2. The van der Waals surface area contributed by atoms with Crippen molar-refractivity contribution in [1.82, 2.24) is 15.1 Å². The molecule has 3 aromatic rings. The maximum absolute atomic E-state index is 12.2. The molecule has 1 N–H and O–H groups in total. The molecule has 1 heterocycles. The molecule has 134 valence electrons. The predicted molar refractivity (Wildman–Crippen MR) is 102 cm³/mol. The number of carbonyl (C=O) groups excluding carboxylic acids is 1. The number of nitrogens with zero attached hydrogens (tertiary/aromatic N) is 2. The second-order valence-electron chi connectivity index (χ2n) is 5.86. The minimum absolute atomic E-state index is 0.180. The van der Waals surface area contributed by atoms with Crippen molar-refractivity contribution in [1.29, 1.82) is 0 Å². The number of amides is 1. The Morgan fingerprint density at radius 1 is 1.19 bits per heavy atom. The maximum atomic E-state index is 12.2. The van der Waals surface area contributed by atoms with Crippen molar-refractivity contribution < 1.29 is 9.53 Å². The second kappa shape index (κ2) is 8.54. The Labute approximate surface area is 157 Å². The van der Waals surface area contributed by atoms with Crippen molar-refractivity contribution in [3.05, 3.63) is 77.6 Å². The number of halogens is 1. The van der Waals surface area contributed by atoms with Crippen molar-refractivity contribution in [2.75, 3.05) is 6.54 Å². The fourth-order valence-corrected chi connectivity index (χ4v) is 2.65. The van der Waals surface area contributed by atoms with E-state index < -0.39 is 6.10 Å². The molecule has 2 aromatic carbocycles. The van der Waals surface area contributed by atoms with Gasteiger partial charge in [-0.05, 0) is 43.2 Å². The van der Waals surface area contributed by atoms with Gasteiger partial charge in [0.15, 0.2) is 6.10 Å². The van der Waals surface area contributed by atoms with E-state index in [1.807, 2.05) is 59.5 Å². The van der Waals surface area contributed by atoms with Gasteiger partial charge in [-0.15, -0.1) is 0 Å². The summed E-state index contributed by atoms with van der Waals surface area (Å²) in [5, 5.41) is 7.71. The molecule has 6 heteroatoms. The third-order valence-electron chi connectivity index (χ3n) is 3.88. The Hall–Kier alpha value is -2.79. The van der Waals surface area contributed by atoms with E-state index >= 15 is 0 Å². The van der Waals surface area contributed by atoms with Crippen LogP contribution in [0, 0.1) is 0 Å². The molecule has 0 saturated heterocycles. The van der Waals surface area contributed by atoms with Crippen LogP contribution in [0.4, 0.5) is 0 Å². The van der Waals surface area contributed by atoms with Crippen LogP contribution in [0.1, 0.15) is 12.5 Å². The highest BCUT2D eigenvalue weighted by Gasteiger charge is 2.15. The fourth-order valence-electron chi connectivity index (χ4n) is 2.47. The lowest BCUT2D eigenvalue weighted by Gasteiger charge is -2.15. The smallest absolute Gasteiger partial charge is 0.260 e. The van der Waals surface area contributed by atoms with E-state index in [-0.39, 0.29) is 5.91 Å². The molecule has 0 aliphatic rings. The van der Waals surface area contributed by atoms with Crippen LogP contribution in [0.5, 0.6) is 5.75 Å². The van der Waals surface area contributed by atoms with Crippen LogP contribution in [0.3, 0.4) is 0 Å². The highest BCUT2D eigenvalue weighted by molar-refractivity contribution is 6.32. The number of carbonyl (C=O) groups is 1. The Bertz CT molecular complexity index is 864. The monoisotopic (exact) mass is 369 g/mol. The van der Waals surface area contributed by atoms with Crippen LogP contribution >= 0.6 is 11.6 Å². The van der Waals surface area contributed by atoms with Crippen LogP contribution in [-0.4, -0.2) is 28.3 Å². The molecule has 0 aliphatic carbocycles. The van der Waals surface area contributed by atoms with E-state index in [9.17, 15) is 4.79 Å². The highest BCUT2D eigenvalue weighted by atomic mass is 35.5. The Morgan fingerprint density at radius 2 is 1.92 bits per heavy atom.